The Morgan fingerprint density at radius 1 is 1.00 bits per heavy atom. The third kappa shape index (κ3) is 6.69. The second kappa shape index (κ2) is 11.9. The molecule has 1 unspecified atom stereocenters. The fourth-order valence-electron chi connectivity index (χ4n) is 5.11. The van der Waals surface area contributed by atoms with Gasteiger partial charge in [-0.1, -0.05) is 30.3 Å². The van der Waals surface area contributed by atoms with Crippen LogP contribution in [0.4, 0.5) is 4.79 Å². The lowest BCUT2D eigenvalue weighted by Crippen LogP contribution is -2.51. The normalized spacial score (nSPS) is 17.3. The number of likely N-dealkylation sites (tertiary alicyclic amines) is 2. The van der Waals surface area contributed by atoms with E-state index in [1.165, 1.54) is 6.26 Å². The number of carbonyl (C=O) groups is 4. The quantitative estimate of drug-likeness (QED) is 0.562. The molecule has 1 aromatic heterocycles. The van der Waals surface area contributed by atoms with E-state index in [2.05, 4.69) is 10.6 Å². The number of carbonyl (C=O) groups excluding carboxylic acids is 4. The van der Waals surface area contributed by atoms with Crippen molar-refractivity contribution >= 4 is 23.8 Å². The highest BCUT2D eigenvalue weighted by molar-refractivity contribution is 5.94. The van der Waals surface area contributed by atoms with Crippen molar-refractivity contribution in [1.29, 1.82) is 0 Å². The maximum absolute atomic E-state index is 13.5. The van der Waals surface area contributed by atoms with E-state index >= 15 is 0 Å². The molecule has 2 fully saturated rings. The first-order chi connectivity index (χ1) is 17.9. The first kappa shape index (κ1) is 26.2. The van der Waals surface area contributed by atoms with Crippen LogP contribution in [0.1, 0.15) is 42.3 Å². The predicted octanol–water partition coefficient (Wildman–Crippen LogP) is 2.21. The van der Waals surface area contributed by atoms with Crippen molar-refractivity contribution in [3.8, 4) is 0 Å². The van der Waals surface area contributed by atoms with Gasteiger partial charge in [-0.2, -0.15) is 0 Å². The molecule has 2 aromatic rings. The molecule has 0 saturated carbocycles. The number of nitrogens with zero attached hydrogens (tertiary/aromatic N) is 2. The molecule has 198 valence electrons. The number of piperidine rings is 1. The standard InChI is InChI=1S/C27H34N4O6/c1-2-36-26(35)29-21(17-20-7-4-3-5-8-20)25(34)31-15-12-27(19-31)10-13-30(14-11-27)23(32)18-28-24(33)22-9-6-16-37-22/h3-9,16,21H,2,10-15,17-19H2,1H3,(H,28,33)(H,29,35). The molecule has 4 rings (SSSR count). The molecule has 2 N–H and O–H groups in total. The molecule has 0 radical (unpaired) electrons. The number of amides is 4. The van der Waals surface area contributed by atoms with Crippen molar-refractivity contribution in [3.05, 3.63) is 60.1 Å². The number of nitrogens with one attached hydrogen (secondary N) is 2. The van der Waals surface area contributed by atoms with E-state index in [1.807, 2.05) is 35.2 Å². The maximum Gasteiger partial charge on any atom is 0.407 e. The van der Waals surface area contributed by atoms with E-state index in [0.29, 0.717) is 32.6 Å². The van der Waals surface area contributed by atoms with Gasteiger partial charge in [-0.3, -0.25) is 14.4 Å². The van der Waals surface area contributed by atoms with Crippen LogP contribution < -0.4 is 10.6 Å². The summed E-state index contributed by atoms with van der Waals surface area (Å²) < 4.78 is 10.1. The molecule has 1 aromatic carbocycles. The summed E-state index contributed by atoms with van der Waals surface area (Å²) in [6.45, 7) is 4.23. The molecule has 37 heavy (non-hydrogen) atoms. The average Bonchev–Trinajstić information content (AvgIpc) is 3.59. The predicted molar refractivity (Wildman–Crippen MR) is 135 cm³/mol. The van der Waals surface area contributed by atoms with Crippen LogP contribution in [-0.2, 0) is 20.7 Å². The minimum absolute atomic E-state index is 0.0505. The van der Waals surface area contributed by atoms with Gasteiger partial charge in [0.05, 0.1) is 19.4 Å². The smallest absolute Gasteiger partial charge is 0.407 e. The van der Waals surface area contributed by atoms with Crippen molar-refractivity contribution in [1.82, 2.24) is 20.4 Å². The third-order valence-corrected chi connectivity index (χ3v) is 7.22. The van der Waals surface area contributed by atoms with Gasteiger partial charge in [0, 0.05) is 32.6 Å². The molecule has 10 heteroatoms. The maximum atomic E-state index is 13.5. The molecular weight excluding hydrogens is 476 g/mol. The second-order valence-electron chi connectivity index (χ2n) is 9.66. The Bertz CT molecular complexity index is 1080. The van der Waals surface area contributed by atoms with Gasteiger partial charge in [-0.05, 0) is 49.3 Å². The minimum atomic E-state index is -0.712. The highest BCUT2D eigenvalue weighted by Gasteiger charge is 2.44. The van der Waals surface area contributed by atoms with Gasteiger partial charge in [-0.25, -0.2) is 4.79 Å². The molecule has 10 nitrogen and oxygen atoms in total. The lowest BCUT2D eigenvalue weighted by atomic mass is 9.77. The SMILES string of the molecule is CCOC(=O)NC(Cc1ccccc1)C(=O)N1CCC2(CCN(C(=O)CNC(=O)c3ccco3)CC2)C1. The number of hydrogen-bond acceptors (Lipinski definition) is 6. The van der Waals surface area contributed by atoms with E-state index in [-0.39, 0.29) is 36.1 Å². The van der Waals surface area contributed by atoms with Crippen LogP contribution in [0.3, 0.4) is 0 Å². The summed E-state index contributed by atoms with van der Waals surface area (Å²) in [5.41, 5.74) is 0.906. The summed E-state index contributed by atoms with van der Waals surface area (Å²) in [5.74, 6) is -0.502. The monoisotopic (exact) mass is 510 g/mol. The first-order valence-electron chi connectivity index (χ1n) is 12.7. The van der Waals surface area contributed by atoms with Crippen LogP contribution in [0.15, 0.2) is 53.1 Å². The van der Waals surface area contributed by atoms with Crippen LogP contribution in [0, 0.1) is 5.41 Å². The Morgan fingerprint density at radius 2 is 1.70 bits per heavy atom. The van der Waals surface area contributed by atoms with E-state index in [9.17, 15) is 19.2 Å². The summed E-state index contributed by atoms with van der Waals surface area (Å²) in [6.07, 6.45) is 3.61. The van der Waals surface area contributed by atoms with E-state index in [0.717, 1.165) is 24.8 Å². The zero-order valence-corrected chi connectivity index (χ0v) is 21.1. The third-order valence-electron chi connectivity index (χ3n) is 7.22. The van der Waals surface area contributed by atoms with Crippen molar-refractivity contribution < 1.29 is 28.3 Å². The molecule has 1 atom stereocenters. The van der Waals surface area contributed by atoms with Gasteiger partial charge in [-0.15, -0.1) is 0 Å². The van der Waals surface area contributed by atoms with E-state index in [4.69, 9.17) is 9.15 Å². The Morgan fingerprint density at radius 3 is 2.35 bits per heavy atom. The van der Waals surface area contributed by atoms with Crippen LogP contribution >= 0.6 is 0 Å². The van der Waals surface area contributed by atoms with Crippen LogP contribution in [-0.4, -0.2) is 79.0 Å². The molecule has 2 aliphatic rings. The van der Waals surface area contributed by atoms with Crippen LogP contribution in [0.5, 0.6) is 0 Å². The molecule has 2 saturated heterocycles. The first-order valence-corrected chi connectivity index (χ1v) is 12.7. The summed E-state index contributed by atoms with van der Waals surface area (Å²) in [6, 6.07) is 12.0. The Hall–Kier alpha value is -3.82. The zero-order valence-electron chi connectivity index (χ0n) is 21.1. The van der Waals surface area contributed by atoms with Crippen molar-refractivity contribution in [2.75, 3.05) is 39.3 Å². The number of benzene rings is 1. The Labute approximate surface area is 216 Å². The van der Waals surface area contributed by atoms with Gasteiger partial charge in [0.2, 0.25) is 11.8 Å². The summed E-state index contributed by atoms with van der Waals surface area (Å²) in [4.78, 5) is 53.9. The molecule has 2 aliphatic heterocycles. The number of rotatable bonds is 8. The van der Waals surface area contributed by atoms with Gasteiger partial charge in [0.25, 0.3) is 5.91 Å². The lowest BCUT2D eigenvalue weighted by Gasteiger charge is -2.39. The number of furan rings is 1. The zero-order chi connectivity index (χ0) is 26.3. The van der Waals surface area contributed by atoms with Gasteiger partial charge in [0.15, 0.2) is 5.76 Å². The number of hydrogen-bond donors (Lipinski definition) is 2. The Balaban J connectivity index is 1.30. The fraction of sp³-hybridized carbons (Fsp3) is 0.481. The van der Waals surface area contributed by atoms with Crippen LogP contribution in [0.25, 0.3) is 0 Å². The topological polar surface area (TPSA) is 121 Å². The van der Waals surface area contributed by atoms with Gasteiger partial charge in [0.1, 0.15) is 6.04 Å². The molecule has 1 spiro atoms. The largest absolute Gasteiger partial charge is 0.459 e. The summed E-state index contributed by atoms with van der Waals surface area (Å²) >= 11 is 0. The number of alkyl carbamates (subject to hydrolysis) is 1. The van der Waals surface area contributed by atoms with Crippen molar-refractivity contribution in [3.63, 3.8) is 0 Å². The van der Waals surface area contributed by atoms with Crippen LogP contribution in [0.2, 0.25) is 0 Å². The minimum Gasteiger partial charge on any atom is -0.459 e. The van der Waals surface area contributed by atoms with E-state index in [1.54, 1.807) is 24.0 Å². The lowest BCUT2D eigenvalue weighted by molar-refractivity contribution is -0.134. The van der Waals surface area contributed by atoms with Gasteiger partial charge < -0.3 is 29.6 Å². The average molecular weight is 511 g/mol. The van der Waals surface area contributed by atoms with Crippen molar-refractivity contribution in [2.45, 2.75) is 38.6 Å². The molecular formula is C27H34N4O6. The highest BCUT2D eigenvalue weighted by atomic mass is 16.5. The fourth-order valence-corrected chi connectivity index (χ4v) is 5.11. The van der Waals surface area contributed by atoms with E-state index < -0.39 is 18.0 Å². The Kier molecular flexibility index (Phi) is 8.47. The second-order valence-corrected chi connectivity index (χ2v) is 9.66. The highest BCUT2D eigenvalue weighted by Crippen LogP contribution is 2.40. The summed E-state index contributed by atoms with van der Waals surface area (Å²) in [7, 11) is 0. The molecule has 0 aliphatic carbocycles. The molecule has 4 amide bonds. The molecule has 3 heterocycles. The van der Waals surface area contributed by atoms with Gasteiger partial charge >= 0.3 is 6.09 Å². The van der Waals surface area contributed by atoms with Crippen molar-refractivity contribution in [2.24, 2.45) is 5.41 Å². The number of ether oxygens (including phenoxy) is 1. The summed E-state index contributed by atoms with van der Waals surface area (Å²) in [5, 5.41) is 5.34. The molecule has 0 bridgehead atoms.